The summed E-state index contributed by atoms with van der Waals surface area (Å²) < 4.78 is 0. The van der Waals surface area contributed by atoms with Gasteiger partial charge in [0.05, 0.1) is 22.1 Å². The first-order valence-electron chi connectivity index (χ1n) is 12.9. The highest BCUT2D eigenvalue weighted by Crippen LogP contribution is 2.30. The molecule has 1 fully saturated rings. The summed E-state index contributed by atoms with van der Waals surface area (Å²) >= 11 is 3.05. The molecule has 2 aromatic heterocycles. The molecule has 0 spiro atoms. The van der Waals surface area contributed by atoms with Crippen LogP contribution in [0.3, 0.4) is 0 Å². The van der Waals surface area contributed by atoms with Crippen molar-refractivity contribution >= 4 is 46.3 Å². The van der Waals surface area contributed by atoms with Crippen LogP contribution in [0, 0.1) is 0 Å². The van der Waals surface area contributed by atoms with E-state index >= 15 is 0 Å². The summed E-state index contributed by atoms with van der Waals surface area (Å²) in [5, 5.41) is 5.88. The number of para-hydroxylation sites is 2. The molecule has 0 bridgehead atoms. The van der Waals surface area contributed by atoms with Crippen LogP contribution in [0.2, 0.25) is 0 Å². The van der Waals surface area contributed by atoms with E-state index in [1.807, 2.05) is 42.8 Å². The summed E-state index contributed by atoms with van der Waals surface area (Å²) in [4.78, 5) is 39.5. The first-order valence-corrected chi connectivity index (χ1v) is 14.8. The molecular formula is C28H35N5O2S2. The highest BCUT2D eigenvalue weighted by atomic mass is 32.2. The molecule has 1 N–H and O–H groups in total. The highest BCUT2D eigenvalue weighted by molar-refractivity contribution is 8.00. The second-order valence-electron chi connectivity index (χ2n) is 9.27. The second kappa shape index (κ2) is 13.6. The van der Waals surface area contributed by atoms with E-state index in [1.54, 1.807) is 17.3 Å². The third-order valence-corrected chi connectivity index (χ3v) is 8.70. The van der Waals surface area contributed by atoms with E-state index < -0.39 is 0 Å². The number of nitrogens with one attached hydrogen (secondary N) is 1. The lowest BCUT2D eigenvalue weighted by Gasteiger charge is -2.30. The normalized spacial score (nSPS) is 14.3. The van der Waals surface area contributed by atoms with Crippen LogP contribution in [-0.4, -0.2) is 59.1 Å². The molecule has 1 aromatic carbocycles. The molecule has 3 aromatic rings. The van der Waals surface area contributed by atoms with E-state index in [1.165, 1.54) is 42.4 Å². The number of anilines is 2. The minimum Gasteiger partial charge on any atom is -0.370 e. The number of pyridine rings is 1. The summed E-state index contributed by atoms with van der Waals surface area (Å²) in [7, 11) is 1.85. The number of amides is 2. The summed E-state index contributed by atoms with van der Waals surface area (Å²) in [6.07, 6.45) is 8.81. The lowest BCUT2D eigenvalue weighted by molar-refractivity contribution is -0.127. The van der Waals surface area contributed by atoms with Gasteiger partial charge in [-0.25, -0.2) is 4.98 Å². The van der Waals surface area contributed by atoms with E-state index in [0.29, 0.717) is 18.0 Å². The number of aromatic nitrogens is 2. The lowest BCUT2D eigenvalue weighted by Crippen LogP contribution is -2.30. The number of carbonyl (C=O) groups is 2. The maximum absolute atomic E-state index is 13.1. The van der Waals surface area contributed by atoms with E-state index in [0.717, 1.165) is 47.2 Å². The van der Waals surface area contributed by atoms with Crippen molar-refractivity contribution in [2.45, 2.75) is 49.8 Å². The van der Waals surface area contributed by atoms with Gasteiger partial charge in [0.1, 0.15) is 5.69 Å². The fraction of sp³-hybridized carbons (Fsp3) is 0.429. The van der Waals surface area contributed by atoms with Crippen LogP contribution in [-0.2, 0) is 4.79 Å². The van der Waals surface area contributed by atoms with E-state index in [-0.39, 0.29) is 17.7 Å². The third kappa shape index (κ3) is 7.55. The van der Waals surface area contributed by atoms with Crippen LogP contribution < -0.4 is 10.2 Å². The molecule has 7 nitrogen and oxygen atoms in total. The van der Waals surface area contributed by atoms with Gasteiger partial charge in [0, 0.05) is 55.3 Å². The van der Waals surface area contributed by atoms with Crippen molar-refractivity contribution in [2.75, 3.05) is 42.7 Å². The Morgan fingerprint density at radius 3 is 2.65 bits per heavy atom. The van der Waals surface area contributed by atoms with Crippen LogP contribution in [0.1, 0.15) is 60.4 Å². The third-order valence-electron chi connectivity index (χ3n) is 6.70. The quantitative estimate of drug-likeness (QED) is 0.306. The maximum Gasteiger partial charge on any atom is 0.275 e. The highest BCUT2D eigenvalue weighted by Gasteiger charge is 2.21. The Hall–Kier alpha value is -2.91. The van der Waals surface area contributed by atoms with Gasteiger partial charge in [-0.15, -0.1) is 23.1 Å². The van der Waals surface area contributed by atoms with Gasteiger partial charge < -0.3 is 15.1 Å². The smallest absolute Gasteiger partial charge is 0.275 e. The minimum absolute atomic E-state index is 0.100. The SMILES string of the molecule is CCC(CCN(C)C(=O)CSc1ccncc1)c1nc(C(=O)Nc2ccccc2N2CCCCC2)cs1. The summed E-state index contributed by atoms with van der Waals surface area (Å²) in [5.74, 6) is 0.526. The molecule has 0 aliphatic carbocycles. The number of thiazole rings is 1. The number of carbonyl (C=O) groups excluding carboxylic acids is 2. The lowest BCUT2D eigenvalue weighted by atomic mass is 10.0. The molecule has 4 rings (SSSR count). The molecule has 1 aliphatic heterocycles. The second-order valence-corrected chi connectivity index (χ2v) is 11.2. The first-order chi connectivity index (χ1) is 18.0. The Morgan fingerprint density at radius 1 is 1.14 bits per heavy atom. The molecule has 0 radical (unpaired) electrons. The molecule has 9 heteroatoms. The molecule has 37 heavy (non-hydrogen) atoms. The Morgan fingerprint density at radius 2 is 1.89 bits per heavy atom. The van der Waals surface area contributed by atoms with Crippen molar-refractivity contribution in [2.24, 2.45) is 0 Å². The van der Waals surface area contributed by atoms with E-state index in [2.05, 4.69) is 28.2 Å². The van der Waals surface area contributed by atoms with Crippen LogP contribution in [0.4, 0.5) is 11.4 Å². The van der Waals surface area contributed by atoms with Gasteiger partial charge in [0.25, 0.3) is 5.91 Å². The Balaban J connectivity index is 1.31. The fourth-order valence-corrected chi connectivity index (χ4v) is 6.27. The summed E-state index contributed by atoms with van der Waals surface area (Å²) in [5.41, 5.74) is 2.36. The van der Waals surface area contributed by atoms with Crippen LogP contribution in [0.15, 0.2) is 59.1 Å². The molecule has 1 aliphatic rings. The van der Waals surface area contributed by atoms with Gasteiger partial charge in [-0.1, -0.05) is 19.1 Å². The number of thioether (sulfide) groups is 1. The van der Waals surface area contributed by atoms with Crippen LogP contribution in [0.5, 0.6) is 0 Å². The number of rotatable bonds is 11. The van der Waals surface area contributed by atoms with Crippen molar-refractivity contribution < 1.29 is 9.59 Å². The summed E-state index contributed by atoms with van der Waals surface area (Å²) in [6, 6.07) is 11.8. The molecule has 1 atom stereocenters. The number of piperidine rings is 1. The molecule has 3 heterocycles. The molecule has 196 valence electrons. The average Bonchev–Trinajstić information content (AvgIpc) is 3.44. The number of hydrogen-bond donors (Lipinski definition) is 1. The monoisotopic (exact) mass is 537 g/mol. The van der Waals surface area contributed by atoms with Gasteiger partial charge in [-0.05, 0) is 56.4 Å². The number of hydrogen-bond acceptors (Lipinski definition) is 7. The molecule has 0 saturated carbocycles. The van der Waals surface area contributed by atoms with Gasteiger partial charge in [0.2, 0.25) is 5.91 Å². The van der Waals surface area contributed by atoms with Crippen molar-refractivity contribution in [3.63, 3.8) is 0 Å². The van der Waals surface area contributed by atoms with Crippen molar-refractivity contribution in [3.8, 4) is 0 Å². The molecular weight excluding hydrogens is 502 g/mol. The van der Waals surface area contributed by atoms with Gasteiger partial charge >= 0.3 is 0 Å². The maximum atomic E-state index is 13.1. The Kier molecular flexibility index (Phi) is 9.96. The first kappa shape index (κ1) is 27.1. The topological polar surface area (TPSA) is 78.4 Å². The van der Waals surface area contributed by atoms with Gasteiger partial charge in [0.15, 0.2) is 0 Å². The van der Waals surface area contributed by atoms with Crippen molar-refractivity contribution in [1.29, 1.82) is 0 Å². The van der Waals surface area contributed by atoms with Crippen molar-refractivity contribution in [3.05, 3.63) is 64.9 Å². The largest absolute Gasteiger partial charge is 0.370 e. The molecule has 1 unspecified atom stereocenters. The predicted molar refractivity (Wildman–Crippen MR) is 153 cm³/mol. The van der Waals surface area contributed by atoms with E-state index in [9.17, 15) is 9.59 Å². The van der Waals surface area contributed by atoms with Crippen molar-refractivity contribution in [1.82, 2.24) is 14.9 Å². The van der Waals surface area contributed by atoms with Gasteiger partial charge in [-0.2, -0.15) is 0 Å². The Labute approximate surface area is 227 Å². The zero-order valence-electron chi connectivity index (χ0n) is 21.6. The molecule has 1 saturated heterocycles. The van der Waals surface area contributed by atoms with Crippen LogP contribution >= 0.6 is 23.1 Å². The Bertz CT molecular complexity index is 1160. The van der Waals surface area contributed by atoms with Crippen LogP contribution in [0.25, 0.3) is 0 Å². The summed E-state index contributed by atoms with van der Waals surface area (Å²) in [6.45, 7) is 4.82. The standard InChI is InChI=1S/C28H35N5O2S2/c1-3-21(13-18-32(2)26(34)20-36-22-11-14-29-15-12-22)28-31-24(19-37-28)27(35)30-23-9-5-6-10-25(23)33-16-7-4-8-17-33/h5-6,9-12,14-15,19,21H,3-4,7-8,13,16-18,20H2,1-2H3,(H,30,35). The number of nitrogens with zero attached hydrogens (tertiary/aromatic N) is 4. The zero-order valence-corrected chi connectivity index (χ0v) is 23.2. The van der Waals surface area contributed by atoms with E-state index in [4.69, 9.17) is 4.98 Å². The zero-order chi connectivity index (χ0) is 26.0. The minimum atomic E-state index is -0.178. The fourth-order valence-electron chi connectivity index (χ4n) is 4.42. The molecule has 2 amide bonds. The average molecular weight is 538 g/mol. The van der Waals surface area contributed by atoms with Gasteiger partial charge in [-0.3, -0.25) is 14.6 Å². The predicted octanol–water partition coefficient (Wildman–Crippen LogP) is 5.92. The number of benzene rings is 1.